The van der Waals surface area contributed by atoms with Gasteiger partial charge < -0.3 is 14.0 Å². The van der Waals surface area contributed by atoms with Gasteiger partial charge in [-0.25, -0.2) is 4.98 Å². The van der Waals surface area contributed by atoms with Crippen LogP contribution in [0.15, 0.2) is 59.9 Å². The lowest BCUT2D eigenvalue weighted by molar-refractivity contribution is -0.119. The van der Waals surface area contributed by atoms with Crippen molar-refractivity contribution in [1.82, 2.24) is 20.4 Å². The Morgan fingerprint density at radius 2 is 1.77 bits per heavy atom. The standard InChI is InChI=1S/C21H22N4O4S/c1-25-16(14-7-5-4-6-8-14)12-22-21(25)30-13-19(26)23-24-20(27)15-9-10-17(28-2)18(11-15)29-3/h4-12H,13H2,1-3H3,(H,23,26)(H,24,27). The highest BCUT2D eigenvalue weighted by Crippen LogP contribution is 2.27. The minimum absolute atomic E-state index is 0.102. The number of methoxy groups -OCH3 is 2. The van der Waals surface area contributed by atoms with Crippen LogP contribution in [0.5, 0.6) is 11.5 Å². The number of aromatic nitrogens is 2. The first-order valence-electron chi connectivity index (χ1n) is 9.04. The van der Waals surface area contributed by atoms with E-state index in [2.05, 4.69) is 15.8 Å². The van der Waals surface area contributed by atoms with Crippen LogP contribution in [0.3, 0.4) is 0 Å². The molecule has 30 heavy (non-hydrogen) atoms. The zero-order valence-corrected chi connectivity index (χ0v) is 17.7. The molecule has 0 aliphatic heterocycles. The molecule has 0 bridgehead atoms. The van der Waals surface area contributed by atoms with Crippen LogP contribution in [0.1, 0.15) is 10.4 Å². The van der Waals surface area contributed by atoms with Crippen molar-refractivity contribution in [3.05, 3.63) is 60.3 Å². The van der Waals surface area contributed by atoms with Crippen LogP contribution >= 0.6 is 11.8 Å². The van der Waals surface area contributed by atoms with Crippen LogP contribution < -0.4 is 20.3 Å². The van der Waals surface area contributed by atoms with Crippen LogP contribution in [0.25, 0.3) is 11.3 Å². The number of carbonyl (C=O) groups excluding carboxylic acids is 2. The van der Waals surface area contributed by atoms with Crippen LogP contribution in [-0.4, -0.2) is 41.3 Å². The van der Waals surface area contributed by atoms with Gasteiger partial charge in [-0.15, -0.1) is 0 Å². The average Bonchev–Trinajstić information content (AvgIpc) is 3.16. The number of hydrazine groups is 1. The van der Waals surface area contributed by atoms with Gasteiger partial charge in [0.05, 0.1) is 31.9 Å². The monoisotopic (exact) mass is 426 g/mol. The zero-order chi connectivity index (χ0) is 21.5. The summed E-state index contributed by atoms with van der Waals surface area (Å²) in [5.74, 6) is 0.233. The summed E-state index contributed by atoms with van der Waals surface area (Å²) in [7, 11) is 4.90. The molecule has 0 saturated carbocycles. The first-order valence-corrected chi connectivity index (χ1v) is 10.0. The molecular formula is C21H22N4O4S. The highest BCUT2D eigenvalue weighted by Gasteiger charge is 2.13. The fourth-order valence-corrected chi connectivity index (χ4v) is 3.50. The minimum Gasteiger partial charge on any atom is -0.493 e. The quantitative estimate of drug-likeness (QED) is 0.446. The fraction of sp³-hybridized carbons (Fsp3) is 0.190. The van der Waals surface area contributed by atoms with Gasteiger partial charge >= 0.3 is 0 Å². The number of rotatable bonds is 7. The molecule has 156 valence electrons. The summed E-state index contributed by atoms with van der Waals surface area (Å²) < 4.78 is 12.3. The molecule has 3 aromatic rings. The second-order valence-corrected chi connectivity index (χ2v) is 7.15. The van der Waals surface area contributed by atoms with E-state index in [1.54, 1.807) is 18.3 Å². The number of nitrogens with zero attached hydrogens (tertiary/aromatic N) is 2. The predicted octanol–water partition coefficient (Wildman–Crippen LogP) is 2.66. The first kappa shape index (κ1) is 21.3. The molecule has 0 aliphatic rings. The Kier molecular flexibility index (Phi) is 6.97. The molecular weight excluding hydrogens is 404 g/mol. The number of imidazole rings is 1. The summed E-state index contributed by atoms with van der Waals surface area (Å²) in [6.45, 7) is 0. The lowest BCUT2D eigenvalue weighted by Gasteiger charge is -2.10. The van der Waals surface area contributed by atoms with Crippen molar-refractivity contribution >= 4 is 23.6 Å². The average molecular weight is 426 g/mol. The second-order valence-electron chi connectivity index (χ2n) is 6.21. The number of ether oxygens (including phenoxy) is 2. The Bertz CT molecular complexity index is 1040. The molecule has 0 atom stereocenters. The lowest BCUT2D eigenvalue weighted by Crippen LogP contribution is -2.42. The second kappa shape index (κ2) is 9.84. The molecule has 0 saturated heterocycles. The van der Waals surface area contributed by atoms with Crippen molar-refractivity contribution in [1.29, 1.82) is 0 Å². The van der Waals surface area contributed by atoms with Gasteiger partial charge in [0.1, 0.15) is 0 Å². The third kappa shape index (κ3) is 4.93. The number of amides is 2. The summed E-state index contributed by atoms with van der Waals surface area (Å²) in [6.07, 6.45) is 1.77. The molecule has 2 N–H and O–H groups in total. The molecule has 8 nitrogen and oxygen atoms in total. The van der Waals surface area contributed by atoms with Crippen LogP contribution in [0, 0.1) is 0 Å². The molecule has 1 aromatic heterocycles. The predicted molar refractivity (Wildman–Crippen MR) is 115 cm³/mol. The van der Waals surface area contributed by atoms with Crippen LogP contribution in [0.4, 0.5) is 0 Å². The number of thioether (sulfide) groups is 1. The summed E-state index contributed by atoms with van der Waals surface area (Å²) >= 11 is 1.28. The third-order valence-electron chi connectivity index (χ3n) is 4.31. The van der Waals surface area contributed by atoms with Crippen LogP contribution in [0.2, 0.25) is 0 Å². The van der Waals surface area contributed by atoms with E-state index in [0.29, 0.717) is 22.2 Å². The molecule has 2 amide bonds. The Labute approximate surface area is 178 Å². The normalized spacial score (nSPS) is 10.4. The van der Waals surface area contributed by atoms with Crippen molar-refractivity contribution in [2.45, 2.75) is 5.16 Å². The van der Waals surface area contributed by atoms with Gasteiger partial charge in [0.15, 0.2) is 16.7 Å². The molecule has 0 spiro atoms. The molecule has 0 radical (unpaired) electrons. The van der Waals surface area contributed by atoms with E-state index >= 15 is 0 Å². The Balaban J connectivity index is 1.53. The molecule has 0 fully saturated rings. The van der Waals surface area contributed by atoms with E-state index in [4.69, 9.17) is 9.47 Å². The summed E-state index contributed by atoms with van der Waals surface area (Å²) in [5, 5.41) is 0.704. The molecule has 3 rings (SSSR count). The molecule has 2 aromatic carbocycles. The van der Waals surface area contributed by atoms with Crippen LogP contribution in [-0.2, 0) is 11.8 Å². The zero-order valence-electron chi connectivity index (χ0n) is 16.8. The highest BCUT2D eigenvalue weighted by atomic mass is 32.2. The van der Waals surface area contributed by atoms with E-state index in [-0.39, 0.29) is 11.7 Å². The Hall–Kier alpha value is -3.46. The first-order chi connectivity index (χ1) is 14.5. The maximum absolute atomic E-state index is 12.3. The summed E-state index contributed by atoms with van der Waals surface area (Å²) in [6, 6.07) is 14.6. The molecule has 1 heterocycles. The number of carbonyl (C=O) groups is 2. The number of nitrogens with one attached hydrogen (secondary N) is 2. The topological polar surface area (TPSA) is 94.5 Å². The van der Waals surface area contributed by atoms with Crippen molar-refractivity contribution in [3.63, 3.8) is 0 Å². The third-order valence-corrected chi connectivity index (χ3v) is 5.35. The van der Waals surface area contributed by atoms with Gasteiger partial charge in [-0.1, -0.05) is 42.1 Å². The van der Waals surface area contributed by atoms with Gasteiger partial charge in [-0.3, -0.25) is 20.4 Å². The van der Waals surface area contributed by atoms with E-state index in [9.17, 15) is 9.59 Å². The highest BCUT2D eigenvalue weighted by molar-refractivity contribution is 7.99. The SMILES string of the molecule is COc1ccc(C(=O)NNC(=O)CSc2ncc(-c3ccccc3)n2C)cc1OC. The van der Waals surface area contributed by atoms with Crippen molar-refractivity contribution < 1.29 is 19.1 Å². The molecule has 9 heteroatoms. The number of hydrogen-bond acceptors (Lipinski definition) is 6. The van der Waals surface area contributed by atoms with Gasteiger partial charge in [0.2, 0.25) is 5.91 Å². The van der Waals surface area contributed by atoms with E-state index in [1.165, 1.54) is 32.0 Å². The number of benzene rings is 2. The van der Waals surface area contributed by atoms with Gasteiger partial charge in [0.25, 0.3) is 5.91 Å². The van der Waals surface area contributed by atoms with Crippen molar-refractivity contribution in [3.8, 4) is 22.8 Å². The lowest BCUT2D eigenvalue weighted by atomic mass is 10.2. The molecule has 0 aliphatic carbocycles. The van der Waals surface area contributed by atoms with Crippen molar-refractivity contribution in [2.24, 2.45) is 7.05 Å². The largest absolute Gasteiger partial charge is 0.493 e. The van der Waals surface area contributed by atoms with Gasteiger partial charge in [-0.2, -0.15) is 0 Å². The smallest absolute Gasteiger partial charge is 0.269 e. The van der Waals surface area contributed by atoms with E-state index in [1.807, 2.05) is 41.9 Å². The van der Waals surface area contributed by atoms with Gasteiger partial charge in [0, 0.05) is 12.6 Å². The summed E-state index contributed by atoms with van der Waals surface area (Å²) in [5.41, 5.74) is 7.14. The Morgan fingerprint density at radius 1 is 1.03 bits per heavy atom. The maximum atomic E-state index is 12.3. The van der Waals surface area contributed by atoms with E-state index < -0.39 is 5.91 Å². The van der Waals surface area contributed by atoms with Crippen molar-refractivity contribution in [2.75, 3.05) is 20.0 Å². The summed E-state index contributed by atoms with van der Waals surface area (Å²) in [4.78, 5) is 28.8. The van der Waals surface area contributed by atoms with Gasteiger partial charge in [-0.05, 0) is 23.8 Å². The number of hydrogen-bond donors (Lipinski definition) is 2. The fourth-order valence-electron chi connectivity index (χ4n) is 2.75. The maximum Gasteiger partial charge on any atom is 0.269 e. The Morgan fingerprint density at radius 3 is 2.47 bits per heavy atom. The molecule has 0 unspecified atom stereocenters. The van der Waals surface area contributed by atoms with E-state index in [0.717, 1.165) is 11.3 Å². The minimum atomic E-state index is -0.461.